The Morgan fingerprint density at radius 1 is 0.850 bits per heavy atom. The summed E-state index contributed by atoms with van der Waals surface area (Å²) in [5.74, 6) is 0.833. The van der Waals surface area contributed by atoms with Crippen LogP contribution in [0.1, 0.15) is 11.1 Å². The van der Waals surface area contributed by atoms with Crippen LogP contribution in [0.4, 0.5) is 0 Å². The molecule has 0 aliphatic heterocycles. The van der Waals surface area contributed by atoms with Gasteiger partial charge >= 0.3 is 0 Å². The number of hydrogen-bond acceptors (Lipinski definition) is 4. The lowest BCUT2D eigenvalue weighted by Crippen LogP contribution is -1.94. The van der Waals surface area contributed by atoms with Gasteiger partial charge in [0.05, 0.1) is 14.2 Å². The quantitative estimate of drug-likeness (QED) is 0.880. The Morgan fingerprint density at radius 3 is 2.10 bits per heavy atom. The Bertz CT molecular complexity index is 570. The van der Waals surface area contributed by atoms with E-state index in [1.807, 2.05) is 24.3 Å². The van der Waals surface area contributed by atoms with Crippen molar-refractivity contribution < 1.29 is 19.7 Å². The first-order chi connectivity index (χ1) is 9.63. The molecule has 0 amide bonds. The van der Waals surface area contributed by atoms with Crippen molar-refractivity contribution in [3.8, 4) is 23.0 Å². The third-order valence-electron chi connectivity index (χ3n) is 3.15. The summed E-state index contributed by atoms with van der Waals surface area (Å²) in [4.78, 5) is 0. The molecule has 4 heteroatoms. The van der Waals surface area contributed by atoms with Crippen LogP contribution in [0.5, 0.6) is 23.0 Å². The Labute approximate surface area is 118 Å². The molecular weight excluding hydrogens is 256 g/mol. The van der Waals surface area contributed by atoms with Gasteiger partial charge in [-0.2, -0.15) is 0 Å². The zero-order valence-corrected chi connectivity index (χ0v) is 11.6. The number of ether oxygens (including phenoxy) is 2. The SMILES string of the molecule is COc1cccc(CCc2cc(O)c(OC)c(O)c2)c1. The molecule has 0 fully saturated rings. The molecule has 0 radical (unpaired) electrons. The Balaban J connectivity index is 2.10. The highest BCUT2D eigenvalue weighted by molar-refractivity contribution is 5.52. The predicted octanol–water partition coefficient (Wildman–Crippen LogP) is 2.90. The van der Waals surface area contributed by atoms with E-state index in [1.165, 1.54) is 7.11 Å². The fraction of sp³-hybridized carbons (Fsp3) is 0.250. The summed E-state index contributed by atoms with van der Waals surface area (Å²) < 4.78 is 10.1. The number of phenols is 2. The van der Waals surface area contributed by atoms with Crippen molar-refractivity contribution in [1.82, 2.24) is 0 Å². The van der Waals surface area contributed by atoms with Gasteiger partial charge < -0.3 is 19.7 Å². The molecule has 106 valence electrons. The van der Waals surface area contributed by atoms with E-state index in [1.54, 1.807) is 19.2 Å². The monoisotopic (exact) mass is 274 g/mol. The van der Waals surface area contributed by atoms with Crippen LogP contribution < -0.4 is 9.47 Å². The van der Waals surface area contributed by atoms with E-state index in [0.29, 0.717) is 6.42 Å². The molecule has 0 bridgehead atoms. The van der Waals surface area contributed by atoms with E-state index >= 15 is 0 Å². The van der Waals surface area contributed by atoms with Crippen LogP contribution >= 0.6 is 0 Å². The number of rotatable bonds is 5. The Kier molecular flexibility index (Phi) is 4.35. The van der Waals surface area contributed by atoms with Crippen LogP contribution in [0.3, 0.4) is 0 Å². The maximum absolute atomic E-state index is 9.75. The summed E-state index contributed by atoms with van der Waals surface area (Å²) in [7, 11) is 3.04. The Morgan fingerprint density at radius 2 is 1.50 bits per heavy atom. The molecule has 0 spiro atoms. The smallest absolute Gasteiger partial charge is 0.202 e. The number of benzene rings is 2. The summed E-state index contributed by atoms with van der Waals surface area (Å²) in [6.07, 6.45) is 1.50. The van der Waals surface area contributed by atoms with Gasteiger partial charge in [-0.15, -0.1) is 0 Å². The highest BCUT2D eigenvalue weighted by Gasteiger charge is 2.10. The van der Waals surface area contributed by atoms with Crippen molar-refractivity contribution in [2.45, 2.75) is 12.8 Å². The van der Waals surface area contributed by atoms with Gasteiger partial charge in [-0.3, -0.25) is 0 Å². The molecule has 0 aliphatic carbocycles. The van der Waals surface area contributed by atoms with E-state index in [9.17, 15) is 10.2 Å². The molecule has 2 aromatic carbocycles. The highest BCUT2D eigenvalue weighted by atomic mass is 16.5. The molecule has 2 aromatic rings. The molecule has 0 heterocycles. The minimum atomic E-state index is -0.0480. The van der Waals surface area contributed by atoms with E-state index in [4.69, 9.17) is 9.47 Å². The predicted molar refractivity (Wildman–Crippen MR) is 76.7 cm³/mol. The molecule has 0 saturated carbocycles. The fourth-order valence-electron chi connectivity index (χ4n) is 2.13. The second kappa shape index (κ2) is 6.19. The maximum Gasteiger partial charge on any atom is 0.202 e. The van der Waals surface area contributed by atoms with Crippen LogP contribution in [-0.4, -0.2) is 24.4 Å². The van der Waals surface area contributed by atoms with Gasteiger partial charge in [-0.1, -0.05) is 12.1 Å². The number of hydrogen-bond donors (Lipinski definition) is 2. The average molecular weight is 274 g/mol. The van der Waals surface area contributed by atoms with Crippen molar-refractivity contribution in [3.05, 3.63) is 47.5 Å². The van der Waals surface area contributed by atoms with E-state index in [2.05, 4.69) is 0 Å². The minimum absolute atomic E-state index is 0.0480. The summed E-state index contributed by atoms with van der Waals surface area (Å²) in [6, 6.07) is 11.1. The zero-order chi connectivity index (χ0) is 14.5. The van der Waals surface area contributed by atoms with Crippen molar-refractivity contribution in [1.29, 1.82) is 0 Å². The Hall–Kier alpha value is -2.36. The lowest BCUT2D eigenvalue weighted by Gasteiger charge is -2.09. The molecular formula is C16H18O4. The topological polar surface area (TPSA) is 58.9 Å². The molecule has 0 atom stereocenters. The molecule has 0 aromatic heterocycles. The third kappa shape index (κ3) is 3.15. The summed E-state index contributed by atoms with van der Waals surface area (Å²) >= 11 is 0. The van der Waals surface area contributed by atoms with E-state index < -0.39 is 0 Å². The van der Waals surface area contributed by atoms with Gasteiger partial charge in [0.2, 0.25) is 5.75 Å². The van der Waals surface area contributed by atoms with Crippen molar-refractivity contribution >= 4 is 0 Å². The molecule has 0 aliphatic rings. The fourth-order valence-corrected chi connectivity index (χ4v) is 2.13. The first kappa shape index (κ1) is 14.1. The second-order valence-electron chi connectivity index (χ2n) is 4.52. The lowest BCUT2D eigenvalue weighted by atomic mass is 10.0. The number of aryl methyl sites for hydroxylation is 2. The normalized spacial score (nSPS) is 10.3. The molecule has 4 nitrogen and oxygen atoms in total. The summed E-state index contributed by atoms with van der Waals surface area (Å²) in [5.41, 5.74) is 1.99. The molecule has 2 rings (SSSR count). The van der Waals surface area contributed by atoms with Crippen LogP contribution in [0.2, 0.25) is 0 Å². The standard InChI is InChI=1S/C16H18O4/c1-19-13-5-3-4-11(8-13)6-7-12-9-14(17)16(20-2)15(18)10-12/h3-5,8-10,17-18H,6-7H2,1-2H3. The first-order valence-corrected chi connectivity index (χ1v) is 6.36. The van der Waals surface area contributed by atoms with Gasteiger partial charge in [0, 0.05) is 0 Å². The average Bonchev–Trinajstić information content (AvgIpc) is 2.45. The molecule has 2 N–H and O–H groups in total. The van der Waals surface area contributed by atoms with Gasteiger partial charge in [0.25, 0.3) is 0 Å². The van der Waals surface area contributed by atoms with Crippen LogP contribution in [0.25, 0.3) is 0 Å². The van der Waals surface area contributed by atoms with Crippen LogP contribution in [-0.2, 0) is 12.8 Å². The maximum atomic E-state index is 9.75. The molecule has 0 saturated heterocycles. The molecule has 0 unspecified atom stereocenters. The zero-order valence-electron chi connectivity index (χ0n) is 11.6. The van der Waals surface area contributed by atoms with Gasteiger partial charge in [-0.05, 0) is 48.2 Å². The van der Waals surface area contributed by atoms with Crippen molar-refractivity contribution in [3.63, 3.8) is 0 Å². The number of phenolic OH excluding ortho intramolecular Hbond substituents is 2. The first-order valence-electron chi connectivity index (χ1n) is 6.36. The lowest BCUT2D eigenvalue weighted by molar-refractivity contribution is 0.344. The van der Waals surface area contributed by atoms with E-state index in [-0.39, 0.29) is 17.2 Å². The van der Waals surface area contributed by atoms with Crippen LogP contribution in [0.15, 0.2) is 36.4 Å². The molecule has 20 heavy (non-hydrogen) atoms. The summed E-state index contributed by atoms with van der Waals surface area (Å²) in [6.45, 7) is 0. The van der Waals surface area contributed by atoms with Gasteiger partial charge in [-0.25, -0.2) is 0 Å². The largest absolute Gasteiger partial charge is 0.504 e. The van der Waals surface area contributed by atoms with Crippen molar-refractivity contribution in [2.24, 2.45) is 0 Å². The number of aromatic hydroxyl groups is 2. The van der Waals surface area contributed by atoms with Crippen molar-refractivity contribution in [2.75, 3.05) is 14.2 Å². The van der Waals surface area contributed by atoms with Gasteiger partial charge in [0.15, 0.2) is 11.5 Å². The van der Waals surface area contributed by atoms with Gasteiger partial charge in [0.1, 0.15) is 5.75 Å². The highest BCUT2D eigenvalue weighted by Crippen LogP contribution is 2.36. The third-order valence-corrected chi connectivity index (χ3v) is 3.15. The van der Waals surface area contributed by atoms with Crippen LogP contribution in [0, 0.1) is 0 Å². The second-order valence-corrected chi connectivity index (χ2v) is 4.52. The number of methoxy groups -OCH3 is 2. The van der Waals surface area contributed by atoms with E-state index in [0.717, 1.165) is 23.3 Å². The minimum Gasteiger partial charge on any atom is -0.504 e. The summed E-state index contributed by atoms with van der Waals surface area (Å²) in [5, 5.41) is 19.5.